The molecule has 1 saturated carbocycles. The van der Waals surface area contributed by atoms with Gasteiger partial charge in [-0.2, -0.15) is 0 Å². The Morgan fingerprint density at radius 1 is 1.61 bits per heavy atom. The van der Waals surface area contributed by atoms with Gasteiger partial charge < -0.3 is 5.32 Å². The molecule has 5 heteroatoms. The minimum Gasteiger partial charge on any atom is -0.345 e. The third-order valence-corrected chi connectivity index (χ3v) is 5.13. The van der Waals surface area contributed by atoms with Crippen LogP contribution in [0.2, 0.25) is 0 Å². The lowest BCUT2D eigenvalue weighted by molar-refractivity contribution is 0.0876. The summed E-state index contributed by atoms with van der Waals surface area (Å²) in [5.41, 5.74) is -0.219. The number of amides is 1. The molecule has 0 atom stereocenters. The van der Waals surface area contributed by atoms with Gasteiger partial charge in [0.25, 0.3) is 5.91 Å². The summed E-state index contributed by atoms with van der Waals surface area (Å²) in [6.07, 6.45) is 5.86. The molecule has 1 aliphatic rings. The summed E-state index contributed by atoms with van der Waals surface area (Å²) in [6, 6.07) is 0. The highest BCUT2D eigenvalue weighted by Crippen LogP contribution is 2.33. The Hall–Kier alpha value is -0.610. The molecule has 0 aliphatic heterocycles. The molecule has 0 bridgehead atoms. The molecule has 1 fully saturated rings. The van der Waals surface area contributed by atoms with Crippen molar-refractivity contribution in [2.75, 3.05) is 5.88 Å². The summed E-state index contributed by atoms with van der Waals surface area (Å²) >= 11 is 7.52. The van der Waals surface area contributed by atoms with Gasteiger partial charge in [-0.25, -0.2) is 4.98 Å². The summed E-state index contributed by atoms with van der Waals surface area (Å²) in [7, 11) is 0. The first-order valence-corrected chi connectivity index (χ1v) is 7.71. The van der Waals surface area contributed by atoms with E-state index in [0.29, 0.717) is 10.8 Å². The maximum atomic E-state index is 12.2. The molecule has 0 radical (unpaired) electrons. The quantitative estimate of drug-likeness (QED) is 0.866. The summed E-state index contributed by atoms with van der Waals surface area (Å²) < 4.78 is 0. The number of alkyl halides is 1. The third-order valence-electron chi connectivity index (χ3n) is 3.71. The fraction of sp³-hybridized carbons (Fsp3) is 0.692. The van der Waals surface area contributed by atoms with Crippen molar-refractivity contribution in [1.82, 2.24) is 10.3 Å². The van der Waals surface area contributed by atoms with Gasteiger partial charge in [0.2, 0.25) is 0 Å². The Morgan fingerprint density at radius 2 is 2.28 bits per heavy atom. The highest BCUT2D eigenvalue weighted by molar-refractivity contribution is 7.13. The smallest absolute Gasteiger partial charge is 0.263 e. The Balaban J connectivity index is 2.04. The van der Waals surface area contributed by atoms with Gasteiger partial charge in [-0.3, -0.25) is 4.79 Å². The maximum absolute atomic E-state index is 12.2. The summed E-state index contributed by atoms with van der Waals surface area (Å²) in [6.45, 7) is 4.16. The maximum Gasteiger partial charge on any atom is 0.263 e. The van der Waals surface area contributed by atoms with Gasteiger partial charge in [0, 0.05) is 5.88 Å². The Bertz CT molecular complexity index is 424. The lowest BCUT2D eigenvalue weighted by Crippen LogP contribution is -2.52. The highest BCUT2D eigenvalue weighted by atomic mass is 35.5. The first-order chi connectivity index (χ1) is 8.54. The highest BCUT2D eigenvalue weighted by Gasteiger charge is 2.35. The van der Waals surface area contributed by atoms with E-state index >= 15 is 0 Å². The van der Waals surface area contributed by atoms with E-state index < -0.39 is 0 Å². The van der Waals surface area contributed by atoms with Gasteiger partial charge >= 0.3 is 0 Å². The van der Waals surface area contributed by atoms with Crippen molar-refractivity contribution in [2.24, 2.45) is 5.92 Å². The van der Waals surface area contributed by atoms with Crippen LogP contribution in [-0.4, -0.2) is 22.3 Å². The van der Waals surface area contributed by atoms with E-state index in [1.165, 1.54) is 11.3 Å². The number of halogens is 1. The van der Waals surface area contributed by atoms with E-state index in [0.717, 1.165) is 36.6 Å². The zero-order valence-corrected chi connectivity index (χ0v) is 12.4. The predicted molar refractivity (Wildman–Crippen MR) is 75.4 cm³/mol. The Labute approximate surface area is 117 Å². The van der Waals surface area contributed by atoms with E-state index in [4.69, 9.17) is 11.6 Å². The fourth-order valence-electron chi connectivity index (χ4n) is 2.38. The van der Waals surface area contributed by atoms with E-state index in [1.54, 1.807) is 6.20 Å². The van der Waals surface area contributed by atoms with Crippen LogP contribution in [0.15, 0.2) is 6.20 Å². The Kier molecular flexibility index (Phi) is 4.28. The van der Waals surface area contributed by atoms with Crippen LogP contribution in [0.4, 0.5) is 0 Å². The van der Waals surface area contributed by atoms with Crippen LogP contribution in [0.1, 0.15) is 47.3 Å². The number of hydrogen-bond donors (Lipinski definition) is 1. The average Bonchev–Trinajstić information content (AvgIpc) is 2.79. The van der Waals surface area contributed by atoms with Crippen LogP contribution in [0.25, 0.3) is 0 Å². The lowest BCUT2D eigenvalue weighted by Gasteiger charge is -2.38. The molecule has 1 aliphatic carbocycles. The molecule has 3 nitrogen and oxygen atoms in total. The molecule has 0 aromatic carbocycles. The molecular weight excluding hydrogens is 268 g/mol. The van der Waals surface area contributed by atoms with Crippen LogP contribution < -0.4 is 5.32 Å². The second-order valence-electron chi connectivity index (χ2n) is 5.29. The van der Waals surface area contributed by atoms with E-state index in [-0.39, 0.29) is 11.4 Å². The molecule has 1 amide bonds. The van der Waals surface area contributed by atoms with Gasteiger partial charge in [-0.15, -0.1) is 22.9 Å². The minimum absolute atomic E-state index is 0.0317. The van der Waals surface area contributed by atoms with Crippen LogP contribution in [0.5, 0.6) is 0 Å². The lowest BCUT2D eigenvalue weighted by atomic mass is 9.78. The van der Waals surface area contributed by atoms with Crippen molar-refractivity contribution in [3.8, 4) is 0 Å². The minimum atomic E-state index is -0.219. The zero-order chi connectivity index (χ0) is 13.2. The monoisotopic (exact) mass is 286 g/mol. The van der Waals surface area contributed by atoms with Crippen LogP contribution >= 0.6 is 22.9 Å². The SMILES string of the molecule is Cc1ncc(C(=O)NC2(CCl)CCC(C)CC2)s1. The molecule has 1 N–H and O–H groups in total. The van der Waals surface area contributed by atoms with Crippen molar-refractivity contribution in [2.45, 2.75) is 45.1 Å². The molecule has 1 aromatic heterocycles. The van der Waals surface area contributed by atoms with Gasteiger partial charge in [0.15, 0.2) is 0 Å². The average molecular weight is 287 g/mol. The molecule has 2 rings (SSSR count). The van der Waals surface area contributed by atoms with Crippen molar-refractivity contribution in [1.29, 1.82) is 0 Å². The van der Waals surface area contributed by atoms with E-state index in [2.05, 4.69) is 17.2 Å². The van der Waals surface area contributed by atoms with Crippen LogP contribution in [0, 0.1) is 12.8 Å². The van der Waals surface area contributed by atoms with Gasteiger partial charge in [-0.05, 0) is 38.5 Å². The number of carbonyl (C=O) groups is 1. The third kappa shape index (κ3) is 3.04. The van der Waals surface area contributed by atoms with Crippen molar-refractivity contribution < 1.29 is 4.79 Å². The number of rotatable bonds is 3. The molecule has 0 unspecified atom stereocenters. The molecule has 0 spiro atoms. The van der Waals surface area contributed by atoms with Gasteiger partial charge in [-0.1, -0.05) is 6.92 Å². The summed E-state index contributed by atoms with van der Waals surface area (Å²) in [5.74, 6) is 1.20. The molecule has 100 valence electrons. The molecular formula is C13H19ClN2OS. The van der Waals surface area contributed by atoms with E-state index in [1.807, 2.05) is 6.92 Å². The largest absolute Gasteiger partial charge is 0.345 e. The topological polar surface area (TPSA) is 42.0 Å². The number of thiazole rings is 1. The zero-order valence-electron chi connectivity index (χ0n) is 10.8. The van der Waals surface area contributed by atoms with Crippen molar-refractivity contribution in [3.63, 3.8) is 0 Å². The number of nitrogens with one attached hydrogen (secondary N) is 1. The number of nitrogens with zero attached hydrogens (tertiary/aromatic N) is 1. The number of aromatic nitrogens is 1. The fourth-order valence-corrected chi connectivity index (χ4v) is 3.38. The van der Waals surface area contributed by atoms with E-state index in [9.17, 15) is 4.79 Å². The molecule has 1 aromatic rings. The predicted octanol–water partition coefficient (Wildman–Crippen LogP) is 3.37. The summed E-state index contributed by atoms with van der Waals surface area (Å²) in [5, 5.41) is 4.05. The van der Waals surface area contributed by atoms with Crippen molar-refractivity contribution in [3.05, 3.63) is 16.1 Å². The van der Waals surface area contributed by atoms with Crippen LogP contribution in [0.3, 0.4) is 0 Å². The van der Waals surface area contributed by atoms with Gasteiger partial charge in [0.05, 0.1) is 16.7 Å². The number of aryl methyl sites for hydroxylation is 1. The Morgan fingerprint density at radius 3 is 2.78 bits per heavy atom. The number of carbonyl (C=O) groups excluding carboxylic acids is 1. The normalized spacial score (nSPS) is 28.1. The van der Waals surface area contributed by atoms with Crippen LogP contribution in [-0.2, 0) is 0 Å². The molecule has 0 saturated heterocycles. The van der Waals surface area contributed by atoms with Gasteiger partial charge in [0.1, 0.15) is 4.88 Å². The summed E-state index contributed by atoms with van der Waals surface area (Å²) in [4.78, 5) is 17.0. The standard InChI is InChI=1S/C13H19ClN2OS/c1-9-3-5-13(8-14,6-4-9)16-12(17)11-7-15-10(2)18-11/h7,9H,3-6,8H2,1-2H3,(H,16,17). The first-order valence-electron chi connectivity index (χ1n) is 6.35. The van der Waals surface area contributed by atoms with Crippen molar-refractivity contribution >= 4 is 28.8 Å². The first kappa shape index (κ1) is 13.8. The molecule has 1 heterocycles. The molecule has 18 heavy (non-hydrogen) atoms. The second kappa shape index (κ2) is 5.57. The second-order valence-corrected chi connectivity index (χ2v) is 6.80. The number of hydrogen-bond acceptors (Lipinski definition) is 3.